The lowest BCUT2D eigenvalue weighted by molar-refractivity contribution is -0.117. The molecule has 0 radical (unpaired) electrons. The summed E-state index contributed by atoms with van der Waals surface area (Å²) in [6.07, 6.45) is 3.86. The van der Waals surface area contributed by atoms with Crippen LogP contribution in [0.2, 0.25) is 0 Å². The van der Waals surface area contributed by atoms with Crippen LogP contribution in [0, 0.1) is 12.3 Å². The van der Waals surface area contributed by atoms with Gasteiger partial charge in [0.1, 0.15) is 5.82 Å². The van der Waals surface area contributed by atoms with Gasteiger partial charge in [-0.2, -0.15) is 0 Å². The van der Waals surface area contributed by atoms with Gasteiger partial charge >= 0.3 is 5.97 Å². The number of fused-ring (bicyclic) bond motifs is 1. The molecule has 3 heterocycles. The average Bonchev–Trinajstić information content (AvgIpc) is 2.67. The number of ether oxygens (including phenoxy) is 1. The summed E-state index contributed by atoms with van der Waals surface area (Å²) < 4.78 is 4.72. The van der Waals surface area contributed by atoms with Gasteiger partial charge < -0.3 is 15.0 Å². The summed E-state index contributed by atoms with van der Waals surface area (Å²) in [6, 6.07) is 5.68. The molecule has 7 heteroatoms. The first-order chi connectivity index (χ1) is 14.2. The number of hydrogen-bond donors (Lipinski definition) is 1. The van der Waals surface area contributed by atoms with Crippen LogP contribution in [0.15, 0.2) is 24.4 Å². The molecule has 0 fully saturated rings. The number of carbonyl (C=O) groups excluding carboxylic acids is 2. The maximum atomic E-state index is 12.3. The van der Waals surface area contributed by atoms with Crippen molar-refractivity contribution in [3.8, 4) is 0 Å². The van der Waals surface area contributed by atoms with Crippen LogP contribution in [0.3, 0.4) is 0 Å². The summed E-state index contributed by atoms with van der Waals surface area (Å²) in [5.41, 5.74) is 4.25. The molecule has 0 saturated carbocycles. The summed E-state index contributed by atoms with van der Waals surface area (Å²) in [6.45, 7) is 9.64. The van der Waals surface area contributed by atoms with Gasteiger partial charge in [-0.3, -0.25) is 9.78 Å². The third-order valence-electron chi connectivity index (χ3n) is 5.00. The lowest BCUT2D eigenvalue weighted by Crippen LogP contribution is -2.30. The Morgan fingerprint density at radius 3 is 2.67 bits per heavy atom. The molecule has 3 rings (SSSR count). The van der Waals surface area contributed by atoms with E-state index in [4.69, 9.17) is 9.72 Å². The number of nitrogens with zero attached hydrogens (tertiary/aromatic N) is 3. The fourth-order valence-corrected chi connectivity index (χ4v) is 3.55. The molecule has 7 nitrogen and oxygen atoms in total. The molecule has 0 bridgehead atoms. The summed E-state index contributed by atoms with van der Waals surface area (Å²) in [4.78, 5) is 35.4. The van der Waals surface area contributed by atoms with Crippen LogP contribution in [0.5, 0.6) is 0 Å². The lowest BCUT2D eigenvalue weighted by Gasteiger charge is -2.31. The minimum absolute atomic E-state index is 0.0133. The van der Waals surface area contributed by atoms with Crippen molar-refractivity contribution in [1.29, 1.82) is 0 Å². The van der Waals surface area contributed by atoms with Crippen molar-refractivity contribution in [2.75, 3.05) is 23.9 Å². The molecule has 1 aliphatic heterocycles. The highest BCUT2D eigenvalue weighted by atomic mass is 16.5. The van der Waals surface area contributed by atoms with Gasteiger partial charge in [-0.25, -0.2) is 9.78 Å². The molecule has 1 N–H and O–H groups in total. The Morgan fingerprint density at radius 1 is 1.27 bits per heavy atom. The quantitative estimate of drug-likeness (QED) is 0.753. The van der Waals surface area contributed by atoms with Crippen molar-refractivity contribution >= 4 is 23.4 Å². The van der Waals surface area contributed by atoms with E-state index in [2.05, 4.69) is 21.3 Å². The van der Waals surface area contributed by atoms with Gasteiger partial charge in [0.05, 0.1) is 36.3 Å². The number of nitrogens with one attached hydrogen (secondary N) is 1. The standard InChI is InChI=1S/C23H30N4O3/c1-15-11-19-18(25-21(15)26-20(28)12-23(2,3)4)7-6-10-27(19)14-17-9-8-16(13-24-17)22(29)30-5/h8-9,11,13H,6-7,10,12,14H2,1-5H3,(H,25,26,28). The third-order valence-corrected chi connectivity index (χ3v) is 5.00. The molecule has 30 heavy (non-hydrogen) atoms. The van der Waals surface area contributed by atoms with Gasteiger partial charge in [-0.05, 0) is 48.9 Å². The highest BCUT2D eigenvalue weighted by molar-refractivity contribution is 5.91. The Morgan fingerprint density at radius 2 is 2.03 bits per heavy atom. The first kappa shape index (κ1) is 21.7. The van der Waals surface area contributed by atoms with Crippen LogP contribution >= 0.6 is 0 Å². The first-order valence-corrected chi connectivity index (χ1v) is 10.2. The first-order valence-electron chi connectivity index (χ1n) is 10.2. The van der Waals surface area contributed by atoms with E-state index < -0.39 is 5.97 Å². The molecule has 160 valence electrons. The van der Waals surface area contributed by atoms with E-state index >= 15 is 0 Å². The van der Waals surface area contributed by atoms with Gasteiger partial charge in [0.2, 0.25) is 5.91 Å². The zero-order valence-electron chi connectivity index (χ0n) is 18.4. The van der Waals surface area contributed by atoms with Crippen molar-refractivity contribution in [1.82, 2.24) is 9.97 Å². The largest absolute Gasteiger partial charge is 0.465 e. The van der Waals surface area contributed by atoms with Gasteiger partial charge in [0.25, 0.3) is 0 Å². The molecule has 0 atom stereocenters. The predicted octanol–water partition coefficient (Wildman–Crippen LogP) is 3.90. The molecule has 1 aliphatic rings. The van der Waals surface area contributed by atoms with E-state index in [0.29, 0.717) is 24.3 Å². The molecule has 0 saturated heterocycles. The number of rotatable bonds is 5. The number of hydrogen-bond acceptors (Lipinski definition) is 6. The SMILES string of the molecule is COC(=O)c1ccc(CN2CCCc3nc(NC(=O)CC(C)(C)C)c(C)cc32)nc1. The van der Waals surface area contributed by atoms with E-state index in [0.717, 1.165) is 42.0 Å². The Balaban J connectivity index is 1.77. The van der Waals surface area contributed by atoms with E-state index in [-0.39, 0.29) is 11.3 Å². The van der Waals surface area contributed by atoms with E-state index in [1.54, 1.807) is 12.3 Å². The topological polar surface area (TPSA) is 84.4 Å². The summed E-state index contributed by atoms with van der Waals surface area (Å²) in [5, 5.41) is 2.98. The molecule has 0 aromatic carbocycles. The number of aromatic nitrogens is 2. The van der Waals surface area contributed by atoms with E-state index in [9.17, 15) is 9.59 Å². The summed E-state index contributed by atoms with van der Waals surface area (Å²) >= 11 is 0. The van der Waals surface area contributed by atoms with Gasteiger partial charge in [0.15, 0.2) is 0 Å². The molecular weight excluding hydrogens is 380 g/mol. The van der Waals surface area contributed by atoms with Crippen LogP contribution in [0.4, 0.5) is 11.5 Å². The second kappa shape index (κ2) is 8.81. The normalized spacial score (nSPS) is 13.6. The number of carbonyl (C=O) groups is 2. The van der Waals surface area contributed by atoms with Crippen LogP contribution in [0.1, 0.15) is 60.9 Å². The number of pyridine rings is 2. The average molecular weight is 411 g/mol. The lowest BCUT2D eigenvalue weighted by atomic mass is 9.92. The molecule has 0 spiro atoms. The second-order valence-corrected chi connectivity index (χ2v) is 8.96. The number of amides is 1. The number of aryl methyl sites for hydroxylation is 2. The summed E-state index contributed by atoms with van der Waals surface area (Å²) in [7, 11) is 1.36. The Hall–Kier alpha value is -2.96. The van der Waals surface area contributed by atoms with Crippen LogP contribution < -0.4 is 10.2 Å². The molecule has 0 unspecified atom stereocenters. The van der Waals surface area contributed by atoms with Gasteiger partial charge in [-0.1, -0.05) is 20.8 Å². The maximum absolute atomic E-state index is 12.3. The summed E-state index contributed by atoms with van der Waals surface area (Å²) in [5.74, 6) is 0.240. The van der Waals surface area contributed by atoms with E-state index in [1.807, 2.05) is 33.8 Å². The number of esters is 1. The van der Waals surface area contributed by atoms with Crippen LogP contribution in [-0.2, 0) is 22.5 Å². The van der Waals surface area contributed by atoms with Gasteiger partial charge in [0, 0.05) is 19.2 Å². The Kier molecular flexibility index (Phi) is 6.39. The Labute approximate surface area is 177 Å². The highest BCUT2D eigenvalue weighted by Gasteiger charge is 2.22. The van der Waals surface area contributed by atoms with Crippen molar-refractivity contribution in [3.63, 3.8) is 0 Å². The molecule has 1 amide bonds. The molecule has 2 aromatic rings. The predicted molar refractivity (Wildman–Crippen MR) is 117 cm³/mol. The van der Waals surface area contributed by atoms with E-state index in [1.165, 1.54) is 7.11 Å². The van der Waals surface area contributed by atoms with Gasteiger partial charge in [-0.15, -0.1) is 0 Å². The van der Waals surface area contributed by atoms with Crippen molar-refractivity contribution < 1.29 is 14.3 Å². The molecule has 0 aliphatic carbocycles. The zero-order chi connectivity index (χ0) is 21.9. The molecular formula is C23H30N4O3. The fraction of sp³-hybridized carbons (Fsp3) is 0.478. The van der Waals surface area contributed by atoms with Crippen LogP contribution in [-0.4, -0.2) is 35.5 Å². The fourth-order valence-electron chi connectivity index (χ4n) is 3.55. The van der Waals surface area contributed by atoms with Crippen molar-refractivity contribution in [3.05, 3.63) is 46.9 Å². The maximum Gasteiger partial charge on any atom is 0.339 e. The monoisotopic (exact) mass is 410 g/mol. The second-order valence-electron chi connectivity index (χ2n) is 8.96. The minimum Gasteiger partial charge on any atom is -0.465 e. The zero-order valence-corrected chi connectivity index (χ0v) is 18.4. The smallest absolute Gasteiger partial charge is 0.339 e. The van der Waals surface area contributed by atoms with Crippen LogP contribution in [0.25, 0.3) is 0 Å². The third kappa shape index (κ3) is 5.34. The number of methoxy groups -OCH3 is 1. The minimum atomic E-state index is -0.391. The Bertz CT molecular complexity index is 933. The number of anilines is 2. The highest BCUT2D eigenvalue weighted by Crippen LogP contribution is 2.31. The van der Waals surface area contributed by atoms with Crippen molar-refractivity contribution in [2.24, 2.45) is 5.41 Å². The van der Waals surface area contributed by atoms with Crippen molar-refractivity contribution in [2.45, 2.75) is 53.5 Å². The molecule has 2 aromatic heterocycles.